The van der Waals surface area contributed by atoms with Crippen LogP contribution in [0.3, 0.4) is 0 Å². The average molecular weight is 392 g/mol. The Bertz CT molecular complexity index is 402. The Morgan fingerprint density at radius 3 is 2.50 bits per heavy atom. The summed E-state index contributed by atoms with van der Waals surface area (Å²) < 4.78 is 5.57. The molecule has 0 aliphatic rings. The first-order valence-electron chi connectivity index (χ1n) is 6.79. The maximum atomic E-state index is 5.57. The molecule has 0 radical (unpaired) electrons. The van der Waals surface area contributed by atoms with Gasteiger partial charge in [0.1, 0.15) is 0 Å². The van der Waals surface area contributed by atoms with Gasteiger partial charge in [0.25, 0.3) is 0 Å². The summed E-state index contributed by atoms with van der Waals surface area (Å²) in [6.07, 6.45) is 1.88. The highest BCUT2D eigenvalue weighted by atomic mass is 127. The average Bonchev–Trinajstić information content (AvgIpc) is 2.36. The summed E-state index contributed by atoms with van der Waals surface area (Å²) in [6, 6.07) is 3.88. The molecule has 5 nitrogen and oxygen atoms in total. The van der Waals surface area contributed by atoms with Gasteiger partial charge in [-0.1, -0.05) is 0 Å². The lowest BCUT2D eigenvalue weighted by Crippen LogP contribution is -2.36. The molecule has 1 aromatic rings. The van der Waals surface area contributed by atoms with E-state index in [0.717, 1.165) is 24.6 Å². The molecule has 0 spiro atoms. The normalized spacial score (nSPS) is 9.65. The van der Waals surface area contributed by atoms with E-state index in [2.05, 4.69) is 20.6 Å². The van der Waals surface area contributed by atoms with E-state index in [1.54, 1.807) is 6.20 Å². The molecule has 0 unspecified atom stereocenters. The van der Waals surface area contributed by atoms with E-state index in [-0.39, 0.29) is 30.1 Å². The Morgan fingerprint density at radius 1 is 1.30 bits per heavy atom. The molecule has 0 aliphatic carbocycles. The highest BCUT2D eigenvalue weighted by Crippen LogP contribution is 2.11. The quantitative estimate of drug-likeness (QED) is 0.444. The lowest BCUT2D eigenvalue weighted by atomic mass is 10.3. The maximum absolute atomic E-state index is 5.57. The van der Waals surface area contributed by atoms with Crippen LogP contribution in [0, 0.1) is 0 Å². The number of hydrogen-bond acceptors (Lipinski definition) is 3. The fourth-order valence-corrected chi connectivity index (χ4v) is 1.53. The molecular formula is C14H25IN4O. The molecule has 0 bridgehead atoms. The van der Waals surface area contributed by atoms with Crippen LogP contribution in [0.4, 0.5) is 0 Å². The topological polar surface area (TPSA) is 58.5 Å². The van der Waals surface area contributed by atoms with E-state index in [1.807, 2.05) is 39.8 Å². The predicted molar refractivity (Wildman–Crippen MR) is 93.9 cm³/mol. The Hall–Kier alpha value is -1.05. The fraction of sp³-hybridized carbons (Fsp3) is 0.571. The van der Waals surface area contributed by atoms with Crippen molar-refractivity contribution < 1.29 is 4.74 Å². The minimum Gasteiger partial charge on any atom is -0.475 e. The summed E-state index contributed by atoms with van der Waals surface area (Å²) in [7, 11) is 0. The molecule has 1 rings (SSSR count). The standard InChI is InChI=1S/C14H24N4O.HI/c1-5-15-14(16-6-2)18-10-12-7-8-17-13(9-12)19-11(3)4;/h7-9,11H,5-6,10H2,1-4H3,(H2,15,16,18);1H. The first-order chi connectivity index (χ1) is 9.15. The molecule has 0 saturated heterocycles. The molecular weight excluding hydrogens is 367 g/mol. The van der Waals surface area contributed by atoms with Gasteiger partial charge in [0.05, 0.1) is 12.6 Å². The molecule has 20 heavy (non-hydrogen) atoms. The molecule has 2 N–H and O–H groups in total. The molecule has 0 aliphatic heterocycles. The molecule has 1 heterocycles. The third-order valence-electron chi connectivity index (χ3n) is 2.26. The minimum atomic E-state index is 0. The first kappa shape index (κ1) is 18.9. The Labute approximate surface area is 138 Å². The van der Waals surface area contributed by atoms with Crippen LogP contribution in [0.25, 0.3) is 0 Å². The van der Waals surface area contributed by atoms with Crippen molar-refractivity contribution in [1.29, 1.82) is 0 Å². The Morgan fingerprint density at radius 2 is 1.95 bits per heavy atom. The van der Waals surface area contributed by atoms with Gasteiger partial charge < -0.3 is 15.4 Å². The lowest BCUT2D eigenvalue weighted by molar-refractivity contribution is 0.232. The van der Waals surface area contributed by atoms with Gasteiger partial charge in [0.2, 0.25) is 5.88 Å². The monoisotopic (exact) mass is 392 g/mol. The van der Waals surface area contributed by atoms with Crippen LogP contribution < -0.4 is 15.4 Å². The lowest BCUT2D eigenvalue weighted by Gasteiger charge is -2.10. The summed E-state index contributed by atoms with van der Waals surface area (Å²) in [5.74, 6) is 1.48. The van der Waals surface area contributed by atoms with Gasteiger partial charge in [0.15, 0.2) is 5.96 Å². The van der Waals surface area contributed by atoms with Crippen molar-refractivity contribution in [3.63, 3.8) is 0 Å². The first-order valence-corrected chi connectivity index (χ1v) is 6.79. The van der Waals surface area contributed by atoms with E-state index >= 15 is 0 Å². The van der Waals surface area contributed by atoms with Gasteiger partial charge in [-0.05, 0) is 39.3 Å². The maximum Gasteiger partial charge on any atom is 0.213 e. The zero-order chi connectivity index (χ0) is 14.1. The number of rotatable bonds is 6. The van der Waals surface area contributed by atoms with Crippen molar-refractivity contribution in [1.82, 2.24) is 15.6 Å². The number of pyridine rings is 1. The summed E-state index contributed by atoms with van der Waals surface area (Å²) in [5.41, 5.74) is 1.08. The van der Waals surface area contributed by atoms with Crippen molar-refractivity contribution in [2.45, 2.75) is 40.3 Å². The SMILES string of the molecule is CCNC(=NCc1ccnc(OC(C)C)c1)NCC.I. The largest absolute Gasteiger partial charge is 0.475 e. The van der Waals surface area contributed by atoms with Crippen LogP contribution in [0.2, 0.25) is 0 Å². The smallest absolute Gasteiger partial charge is 0.213 e. The van der Waals surface area contributed by atoms with E-state index in [1.165, 1.54) is 0 Å². The molecule has 0 amide bonds. The van der Waals surface area contributed by atoms with E-state index in [9.17, 15) is 0 Å². The van der Waals surface area contributed by atoms with Crippen LogP contribution in [-0.2, 0) is 6.54 Å². The number of aliphatic imine (C=N–C) groups is 1. The van der Waals surface area contributed by atoms with Gasteiger partial charge in [-0.15, -0.1) is 24.0 Å². The highest BCUT2D eigenvalue weighted by molar-refractivity contribution is 14.0. The van der Waals surface area contributed by atoms with Gasteiger partial charge in [-0.2, -0.15) is 0 Å². The molecule has 0 fully saturated rings. The van der Waals surface area contributed by atoms with Crippen LogP contribution >= 0.6 is 24.0 Å². The van der Waals surface area contributed by atoms with E-state index < -0.39 is 0 Å². The highest BCUT2D eigenvalue weighted by Gasteiger charge is 2.01. The zero-order valence-corrected chi connectivity index (χ0v) is 15.0. The number of nitrogens with zero attached hydrogens (tertiary/aromatic N) is 2. The number of hydrogen-bond donors (Lipinski definition) is 2. The number of aromatic nitrogens is 1. The van der Waals surface area contributed by atoms with Gasteiger partial charge in [-0.25, -0.2) is 9.98 Å². The second kappa shape index (κ2) is 10.7. The zero-order valence-electron chi connectivity index (χ0n) is 12.6. The van der Waals surface area contributed by atoms with Crippen LogP contribution in [0.1, 0.15) is 33.3 Å². The predicted octanol–water partition coefficient (Wildman–Crippen LogP) is 2.56. The minimum absolute atomic E-state index is 0. The third kappa shape index (κ3) is 7.52. The van der Waals surface area contributed by atoms with Crippen LogP contribution in [0.5, 0.6) is 5.88 Å². The summed E-state index contributed by atoms with van der Waals surface area (Å²) in [4.78, 5) is 8.68. The van der Waals surface area contributed by atoms with Crippen LogP contribution in [-0.4, -0.2) is 30.1 Å². The number of halogens is 1. The Balaban J connectivity index is 0.00000361. The van der Waals surface area contributed by atoms with Crippen molar-refractivity contribution >= 4 is 29.9 Å². The van der Waals surface area contributed by atoms with Crippen LogP contribution in [0.15, 0.2) is 23.3 Å². The third-order valence-corrected chi connectivity index (χ3v) is 2.26. The van der Waals surface area contributed by atoms with Gasteiger partial charge in [-0.3, -0.25) is 0 Å². The molecule has 6 heteroatoms. The molecule has 1 aromatic heterocycles. The molecule has 0 saturated carbocycles. The molecule has 114 valence electrons. The van der Waals surface area contributed by atoms with E-state index in [4.69, 9.17) is 4.74 Å². The second-order valence-corrected chi connectivity index (χ2v) is 4.39. The van der Waals surface area contributed by atoms with Gasteiger partial charge >= 0.3 is 0 Å². The molecule has 0 aromatic carbocycles. The van der Waals surface area contributed by atoms with Crippen molar-refractivity contribution in [2.75, 3.05) is 13.1 Å². The van der Waals surface area contributed by atoms with Crippen molar-refractivity contribution in [2.24, 2.45) is 4.99 Å². The van der Waals surface area contributed by atoms with Crippen molar-refractivity contribution in [3.8, 4) is 5.88 Å². The number of guanidine groups is 1. The number of ether oxygens (including phenoxy) is 1. The number of nitrogens with one attached hydrogen (secondary N) is 2. The fourth-order valence-electron chi connectivity index (χ4n) is 1.53. The molecule has 0 atom stereocenters. The van der Waals surface area contributed by atoms with Gasteiger partial charge in [0, 0.05) is 25.4 Å². The van der Waals surface area contributed by atoms with Crippen molar-refractivity contribution in [3.05, 3.63) is 23.9 Å². The van der Waals surface area contributed by atoms with E-state index in [0.29, 0.717) is 12.4 Å². The summed E-state index contributed by atoms with van der Waals surface area (Å²) in [5, 5.41) is 6.39. The summed E-state index contributed by atoms with van der Waals surface area (Å²) in [6.45, 7) is 10.4. The Kier molecular flexibility index (Phi) is 10.1. The second-order valence-electron chi connectivity index (χ2n) is 4.39. The summed E-state index contributed by atoms with van der Waals surface area (Å²) >= 11 is 0.